The maximum Gasteiger partial charge on any atom is 0.281 e. The first-order valence-electron chi connectivity index (χ1n) is 11.2. The molecule has 4 aromatic heterocycles. The molecule has 0 aromatic carbocycles. The molecule has 2 aliphatic rings. The van der Waals surface area contributed by atoms with E-state index in [1.807, 2.05) is 18.3 Å². The van der Waals surface area contributed by atoms with Gasteiger partial charge in [0.1, 0.15) is 17.7 Å². The Kier molecular flexibility index (Phi) is 5.24. The van der Waals surface area contributed by atoms with Crippen molar-refractivity contribution in [3.05, 3.63) is 42.5 Å². The van der Waals surface area contributed by atoms with Crippen LogP contribution in [0.25, 0.3) is 27.8 Å². The summed E-state index contributed by atoms with van der Waals surface area (Å²) < 4.78 is 47.6. The Morgan fingerprint density at radius 2 is 1.94 bits per heavy atom. The standard InChI is InChI=1S/C23H20F3N7O2/c24-17-7-14(17)23(34)29-18-8-13-15(9-27-18)20(21(25)26)28-10-16(13)22-30-19-2-1-12(11-33(19)31-22)32-3-5-35-6-4-32/h1-2,8-11,14,17,21H,3-7H2,(H,27,29,34)/t14-,17+/m1/s1. The van der Waals surface area contributed by atoms with Crippen LogP contribution in [0.5, 0.6) is 0 Å². The summed E-state index contributed by atoms with van der Waals surface area (Å²) >= 11 is 0. The summed E-state index contributed by atoms with van der Waals surface area (Å²) in [4.78, 5) is 26.9. The van der Waals surface area contributed by atoms with Crippen molar-refractivity contribution in [2.75, 3.05) is 36.5 Å². The number of rotatable bonds is 5. The fraction of sp³-hybridized carbons (Fsp3) is 0.348. The maximum absolute atomic E-state index is 13.6. The molecule has 2 atom stereocenters. The molecule has 1 amide bonds. The smallest absolute Gasteiger partial charge is 0.281 e. The normalized spacial score (nSPS) is 20.1. The van der Waals surface area contributed by atoms with Crippen LogP contribution >= 0.6 is 0 Å². The quantitative estimate of drug-likeness (QED) is 0.465. The largest absolute Gasteiger partial charge is 0.378 e. The summed E-state index contributed by atoms with van der Waals surface area (Å²) in [6.07, 6.45) is 0.571. The minimum Gasteiger partial charge on any atom is -0.378 e. The number of nitrogens with one attached hydrogen (secondary N) is 1. The molecule has 2 fully saturated rings. The monoisotopic (exact) mass is 483 g/mol. The van der Waals surface area contributed by atoms with E-state index in [4.69, 9.17) is 4.74 Å². The third-order valence-electron chi connectivity index (χ3n) is 6.24. The van der Waals surface area contributed by atoms with Gasteiger partial charge < -0.3 is 15.0 Å². The van der Waals surface area contributed by atoms with E-state index in [-0.39, 0.29) is 23.4 Å². The number of amides is 1. The van der Waals surface area contributed by atoms with Gasteiger partial charge in [-0.25, -0.2) is 27.7 Å². The van der Waals surface area contributed by atoms with Gasteiger partial charge in [0.2, 0.25) is 5.91 Å². The van der Waals surface area contributed by atoms with E-state index >= 15 is 0 Å². The lowest BCUT2D eigenvalue weighted by Gasteiger charge is -2.28. The third-order valence-corrected chi connectivity index (χ3v) is 6.24. The van der Waals surface area contributed by atoms with Crippen LogP contribution in [0.2, 0.25) is 0 Å². The molecule has 0 bridgehead atoms. The lowest BCUT2D eigenvalue weighted by atomic mass is 10.1. The predicted molar refractivity (Wildman–Crippen MR) is 121 cm³/mol. The second-order valence-corrected chi connectivity index (χ2v) is 8.55. The number of ether oxygens (including phenoxy) is 1. The number of fused-ring (bicyclic) bond motifs is 2. The van der Waals surface area contributed by atoms with Crippen molar-refractivity contribution in [1.29, 1.82) is 0 Å². The van der Waals surface area contributed by atoms with E-state index in [1.165, 1.54) is 18.5 Å². The van der Waals surface area contributed by atoms with Crippen LogP contribution in [0.1, 0.15) is 18.5 Å². The van der Waals surface area contributed by atoms with Gasteiger partial charge in [-0.1, -0.05) is 0 Å². The zero-order chi connectivity index (χ0) is 24.1. The van der Waals surface area contributed by atoms with Gasteiger partial charge in [0.15, 0.2) is 11.5 Å². The number of alkyl halides is 3. The Labute approximate surface area is 196 Å². The van der Waals surface area contributed by atoms with Crippen molar-refractivity contribution in [3.8, 4) is 11.4 Å². The Morgan fingerprint density at radius 1 is 1.14 bits per heavy atom. The molecule has 1 N–H and O–H groups in total. The molecule has 0 unspecified atom stereocenters. The molecule has 9 nitrogen and oxygen atoms in total. The highest BCUT2D eigenvalue weighted by Crippen LogP contribution is 2.36. The summed E-state index contributed by atoms with van der Waals surface area (Å²) in [6.45, 7) is 2.83. The maximum atomic E-state index is 13.6. The second-order valence-electron chi connectivity index (χ2n) is 8.55. The summed E-state index contributed by atoms with van der Waals surface area (Å²) in [5.74, 6) is -0.776. The first-order valence-corrected chi connectivity index (χ1v) is 11.2. The zero-order valence-corrected chi connectivity index (χ0v) is 18.4. The number of aromatic nitrogens is 5. The van der Waals surface area contributed by atoms with Crippen molar-refractivity contribution < 1.29 is 22.7 Å². The van der Waals surface area contributed by atoms with Gasteiger partial charge in [-0.3, -0.25) is 9.78 Å². The number of halogens is 3. The summed E-state index contributed by atoms with van der Waals surface area (Å²) in [6, 6.07) is 5.25. The van der Waals surface area contributed by atoms with Gasteiger partial charge in [0, 0.05) is 41.8 Å². The van der Waals surface area contributed by atoms with Crippen LogP contribution in [-0.2, 0) is 9.53 Å². The number of hydrogen-bond donors (Lipinski definition) is 1. The fourth-order valence-electron chi connectivity index (χ4n) is 4.23. The molecule has 1 aliphatic heterocycles. The van der Waals surface area contributed by atoms with Gasteiger partial charge in [-0.2, -0.15) is 0 Å². The SMILES string of the molecule is O=C(Nc1cc2c(-c3nc4ccc(N5CCOCC5)cn4n3)cnc(C(F)F)c2cn1)[C@@H]1C[C@@H]1F. The van der Waals surface area contributed by atoms with Gasteiger partial charge >= 0.3 is 0 Å². The Morgan fingerprint density at radius 3 is 2.69 bits per heavy atom. The lowest BCUT2D eigenvalue weighted by Crippen LogP contribution is -2.36. The highest BCUT2D eigenvalue weighted by Gasteiger charge is 2.43. The average Bonchev–Trinajstić information content (AvgIpc) is 3.45. The average molecular weight is 483 g/mol. The van der Waals surface area contributed by atoms with Crippen molar-refractivity contribution in [2.24, 2.45) is 5.92 Å². The van der Waals surface area contributed by atoms with Gasteiger partial charge in [0.05, 0.1) is 31.0 Å². The van der Waals surface area contributed by atoms with E-state index < -0.39 is 30.1 Å². The highest BCUT2D eigenvalue weighted by atomic mass is 19.3. The Balaban J connectivity index is 1.41. The number of carbonyl (C=O) groups excluding carboxylic acids is 1. The van der Waals surface area contributed by atoms with E-state index in [9.17, 15) is 18.0 Å². The molecular formula is C23H20F3N7O2. The molecule has 12 heteroatoms. The van der Waals surface area contributed by atoms with Crippen LogP contribution in [0.3, 0.4) is 0 Å². The van der Waals surface area contributed by atoms with Crippen LogP contribution < -0.4 is 10.2 Å². The van der Waals surface area contributed by atoms with Crippen LogP contribution in [-0.4, -0.2) is 62.9 Å². The van der Waals surface area contributed by atoms with Crippen molar-refractivity contribution >= 4 is 33.8 Å². The van der Waals surface area contributed by atoms with E-state index in [1.54, 1.807) is 4.52 Å². The molecule has 180 valence electrons. The number of anilines is 2. The van der Waals surface area contributed by atoms with Crippen LogP contribution in [0.15, 0.2) is 36.8 Å². The molecule has 1 aliphatic carbocycles. The van der Waals surface area contributed by atoms with Gasteiger partial charge in [-0.05, 0) is 24.6 Å². The minimum absolute atomic E-state index is 0.123. The molecule has 0 radical (unpaired) electrons. The van der Waals surface area contributed by atoms with Crippen LogP contribution in [0.4, 0.5) is 24.7 Å². The van der Waals surface area contributed by atoms with E-state index in [0.29, 0.717) is 29.8 Å². The first kappa shape index (κ1) is 21.7. The van der Waals surface area contributed by atoms with E-state index in [2.05, 4.69) is 30.3 Å². The summed E-state index contributed by atoms with van der Waals surface area (Å²) in [5.41, 5.74) is 1.52. The Bertz CT molecular complexity index is 1440. The Hall–Kier alpha value is -3.80. The molecular weight excluding hydrogens is 463 g/mol. The lowest BCUT2D eigenvalue weighted by molar-refractivity contribution is -0.117. The first-order chi connectivity index (χ1) is 17.0. The molecule has 35 heavy (non-hydrogen) atoms. The number of morpholine rings is 1. The molecule has 0 spiro atoms. The molecule has 6 rings (SSSR count). The topological polar surface area (TPSA) is 97.5 Å². The third kappa shape index (κ3) is 4.03. The van der Waals surface area contributed by atoms with Gasteiger partial charge in [0.25, 0.3) is 6.43 Å². The number of pyridine rings is 3. The van der Waals surface area contributed by atoms with Crippen molar-refractivity contribution in [3.63, 3.8) is 0 Å². The highest BCUT2D eigenvalue weighted by molar-refractivity contribution is 6.00. The minimum atomic E-state index is -2.82. The van der Waals surface area contributed by atoms with Crippen LogP contribution in [0, 0.1) is 5.92 Å². The molecule has 4 aromatic rings. The molecule has 1 saturated carbocycles. The van der Waals surface area contributed by atoms with E-state index in [0.717, 1.165) is 18.8 Å². The number of nitrogens with zero attached hydrogens (tertiary/aromatic N) is 6. The molecule has 5 heterocycles. The summed E-state index contributed by atoms with van der Waals surface area (Å²) in [7, 11) is 0. The van der Waals surface area contributed by atoms with Crippen molar-refractivity contribution in [2.45, 2.75) is 19.0 Å². The predicted octanol–water partition coefficient (Wildman–Crippen LogP) is 3.41. The zero-order valence-electron chi connectivity index (χ0n) is 18.4. The fourth-order valence-corrected chi connectivity index (χ4v) is 4.23. The molecule has 1 saturated heterocycles. The van der Waals surface area contributed by atoms with Gasteiger partial charge in [-0.15, -0.1) is 5.10 Å². The number of hydrogen-bond acceptors (Lipinski definition) is 7. The van der Waals surface area contributed by atoms with Crippen molar-refractivity contribution in [1.82, 2.24) is 24.6 Å². The second kappa shape index (κ2) is 8.45. The number of carbonyl (C=O) groups is 1. The summed E-state index contributed by atoms with van der Waals surface area (Å²) in [5, 5.41) is 7.61.